The molecule has 2 aliphatic heterocycles. The average Bonchev–Trinajstić information content (AvgIpc) is 3.09. The predicted octanol–water partition coefficient (Wildman–Crippen LogP) is 3.83. The number of carbonyl (C=O) groups excluding carboxylic acids is 1. The van der Waals surface area contributed by atoms with Crippen LogP contribution in [0.3, 0.4) is 0 Å². The Morgan fingerprint density at radius 3 is 2.34 bits per heavy atom. The Bertz CT molecular complexity index is 1280. The highest BCUT2D eigenvalue weighted by atomic mass is 32.2. The number of nitrogens with zero attached hydrogens (tertiary/aromatic N) is 2. The minimum absolute atomic E-state index is 0.134. The van der Waals surface area contributed by atoms with Crippen LogP contribution in [0.15, 0.2) is 29.2 Å². The zero-order valence-electron chi connectivity index (χ0n) is 20.9. The number of amides is 1. The maximum atomic E-state index is 13.1. The van der Waals surface area contributed by atoms with Crippen molar-refractivity contribution in [2.45, 2.75) is 76.1 Å². The molecule has 0 bridgehead atoms. The minimum Gasteiger partial charge on any atom is -0.373 e. The van der Waals surface area contributed by atoms with Gasteiger partial charge in [-0.2, -0.15) is 9.57 Å². The summed E-state index contributed by atoms with van der Waals surface area (Å²) in [5.41, 5.74) is 1.27. The van der Waals surface area contributed by atoms with E-state index in [0.29, 0.717) is 22.5 Å². The van der Waals surface area contributed by atoms with Crippen molar-refractivity contribution >= 4 is 32.3 Å². The topological polar surface area (TPSA) is 112 Å². The quantitative estimate of drug-likeness (QED) is 0.639. The van der Waals surface area contributed by atoms with Gasteiger partial charge >= 0.3 is 0 Å². The third-order valence-corrected chi connectivity index (χ3v) is 9.64. The van der Waals surface area contributed by atoms with Crippen molar-refractivity contribution in [3.05, 3.63) is 45.8 Å². The molecule has 10 heteroatoms. The van der Waals surface area contributed by atoms with Gasteiger partial charge in [-0.05, 0) is 77.8 Å². The molecule has 1 fully saturated rings. The highest BCUT2D eigenvalue weighted by molar-refractivity contribution is 7.89. The van der Waals surface area contributed by atoms with Gasteiger partial charge in [0.25, 0.3) is 5.91 Å². The zero-order chi connectivity index (χ0) is 25.8. The van der Waals surface area contributed by atoms with Gasteiger partial charge in [-0.25, -0.2) is 8.42 Å². The minimum atomic E-state index is -3.69. The fourth-order valence-electron chi connectivity index (χ4n) is 5.16. The smallest absolute Gasteiger partial charge is 0.256 e. The van der Waals surface area contributed by atoms with Gasteiger partial charge in [0, 0.05) is 34.6 Å². The molecule has 1 amide bonds. The van der Waals surface area contributed by atoms with Crippen molar-refractivity contribution in [1.29, 1.82) is 5.26 Å². The molecule has 0 spiro atoms. The lowest BCUT2D eigenvalue weighted by Gasteiger charge is -2.42. The molecule has 1 saturated heterocycles. The molecule has 2 aliphatic rings. The number of anilines is 1. The number of carbonyl (C=O) groups is 1. The Balaban J connectivity index is 1.56. The fraction of sp³-hybridized carbons (Fsp3) is 0.520. The van der Waals surface area contributed by atoms with Gasteiger partial charge < -0.3 is 15.4 Å². The van der Waals surface area contributed by atoms with Crippen LogP contribution in [0.5, 0.6) is 0 Å². The van der Waals surface area contributed by atoms with Crippen molar-refractivity contribution < 1.29 is 17.9 Å². The monoisotopic (exact) mass is 516 g/mol. The van der Waals surface area contributed by atoms with Gasteiger partial charge in [-0.15, -0.1) is 11.3 Å². The summed E-state index contributed by atoms with van der Waals surface area (Å²) in [7, 11) is -3.69. The lowest BCUT2D eigenvalue weighted by molar-refractivity contribution is -0.0440. The SMILES string of the molecule is C[C@@H]1CN(S(=O)(=O)c2ccc(C(=O)Nc3sc4c(c3C#N)CC(C)(C)NC4(C)C)cc2)C[C@H](C)O1. The first-order valence-corrected chi connectivity index (χ1v) is 13.9. The Morgan fingerprint density at radius 1 is 1.17 bits per heavy atom. The molecule has 8 nitrogen and oxygen atoms in total. The fourth-order valence-corrected chi connectivity index (χ4v) is 7.98. The first-order chi connectivity index (χ1) is 16.2. The Labute approximate surface area is 211 Å². The summed E-state index contributed by atoms with van der Waals surface area (Å²) in [5.74, 6) is -0.386. The number of nitrogens with one attached hydrogen (secondary N) is 2. The van der Waals surface area contributed by atoms with Crippen molar-refractivity contribution in [2.24, 2.45) is 0 Å². The summed E-state index contributed by atoms with van der Waals surface area (Å²) >= 11 is 1.41. The molecule has 188 valence electrons. The van der Waals surface area contributed by atoms with E-state index in [1.165, 1.54) is 39.9 Å². The molecule has 3 heterocycles. The van der Waals surface area contributed by atoms with E-state index in [1.54, 1.807) is 0 Å². The van der Waals surface area contributed by atoms with Crippen molar-refractivity contribution in [1.82, 2.24) is 9.62 Å². The third kappa shape index (κ3) is 5.01. The second-order valence-electron chi connectivity index (χ2n) is 10.6. The van der Waals surface area contributed by atoms with Crippen LogP contribution in [-0.4, -0.2) is 49.5 Å². The standard InChI is InChI=1S/C25H32N4O4S2/c1-15-13-29(14-16(2)33-15)35(31,32)18-9-7-17(8-10-18)22(30)27-23-20(12-26)19-11-24(3,4)28-25(5,6)21(19)34-23/h7-10,15-16,28H,11,13-14H2,1-6H3,(H,27,30)/t15-,16+. The number of hydrogen-bond acceptors (Lipinski definition) is 7. The summed E-state index contributed by atoms with van der Waals surface area (Å²) in [6.07, 6.45) is 0.317. The molecule has 4 rings (SSSR count). The van der Waals surface area contributed by atoms with Crippen LogP contribution in [0, 0.1) is 11.3 Å². The number of benzene rings is 1. The van der Waals surface area contributed by atoms with Gasteiger partial charge in [-0.3, -0.25) is 4.79 Å². The Morgan fingerprint density at radius 2 is 1.77 bits per heavy atom. The predicted molar refractivity (Wildman–Crippen MR) is 136 cm³/mol. The second-order valence-corrected chi connectivity index (χ2v) is 13.6. The number of thiophene rings is 1. The maximum Gasteiger partial charge on any atom is 0.256 e. The van der Waals surface area contributed by atoms with Crippen LogP contribution in [0.4, 0.5) is 5.00 Å². The number of nitriles is 1. The molecule has 2 aromatic rings. The number of ether oxygens (including phenoxy) is 1. The van der Waals surface area contributed by atoms with Crippen LogP contribution >= 0.6 is 11.3 Å². The van der Waals surface area contributed by atoms with Gasteiger partial charge in [0.05, 0.1) is 22.7 Å². The molecule has 0 unspecified atom stereocenters. The molecule has 2 atom stereocenters. The van der Waals surface area contributed by atoms with E-state index in [1.807, 2.05) is 13.8 Å². The summed E-state index contributed by atoms with van der Waals surface area (Å²) in [6, 6.07) is 8.20. The van der Waals surface area contributed by atoms with Crippen LogP contribution < -0.4 is 10.6 Å². The van der Waals surface area contributed by atoms with E-state index in [9.17, 15) is 18.5 Å². The van der Waals surface area contributed by atoms with Crippen LogP contribution in [0.2, 0.25) is 0 Å². The molecule has 0 radical (unpaired) electrons. The molecular formula is C25H32N4O4S2. The summed E-state index contributed by atoms with van der Waals surface area (Å²) in [6.45, 7) is 12.6. The number of rotatable bonds is 4. The van der Waals surface area contributed by atoms with Crippen molar-refractivity contribution in [3.63, 3.8) is 0 Å². The van der Waals surface area contributed by atoms with Gasteiger partial charge in [0.15, 0.2) is 0 Å². The lowest BCUT2D eigenvalue weighted by Crippen LogP contribution is -2.54. The lowest BCUT2D eigenvalue weighted by atomic mass is 9.81. The first kappa shape index (κ1) is 25.8. The highest BCUT2D eigenvalue weighted by Gasteiger charge is 2.40. The number of sulfonamides is 1. The Kier molecular flexibility index (Phi) is 6.62. The van der Waals surface area contributed by atoms with E-state index in [4.69, 9.17) is 4.74 Å². The summed E-state index contributed by atoms with van der Waals surface area (Å²) in [4.78, 5) is 14.2. The van der Waals surface area contributed by atoms with Gasteiger partial charge in [0.1, 0.15) is 11.1 Å². The van der Waals surface area contributed by atoms with Crippen LogP contribution in [0.25, 0.3) is 0 Å². The molecule has 1 aromatic heterocycles. The molecule has 2 N–H and O–H groups in total. The summed E-state index contributed by atoms with van der Waals surface area (Å²) < 4.78 is 33.2. The second kappa shape index (κ2) is 8.98. The molecule has 1 aromatic carbocycles. The first-order valence-electron chi connectivity index (χ1n) is 11.7. The van der Waals surface area contributed by atoms with E-state index >= 15 is 0 Å². The molecule has 0 aliphatic carbocycles. The highest BCUT2D eigenvalue weighted by Crippen LogP contribution is 2.44. The number of morpholine rings is 1. The van der Waals surface area contributed by atoms with Gasteiger partial charge in [-0.1, -0.05) is 0 Å². The van der Waals surface area contributed by atoms with Crippen molar-refractivity contribution in [3.8, 4) is 6.07 Å². The number of hydrogen-bond donors (Lipinski definition) is 2. The third-order valence-electron chi connectivity index (χ3n) is 6.32. The normalized spacial score (nSPS) is 23.8. The summed E-state index contributed by atoms with van der Waals surface area (Å²) in [5, 5.41) is 16.9. The van der Waals surface area contributed by atoms with E-state index in [0.717, 1.165) is 10.4 Å². The zero-order valence-corrected chi connectivity index (χ0v) is 22.6. The Hall–Kier alpha value is -2.29. The molecular weight excluding hydrogens is 484 g/mol. The van der Waals surface area contributed by atoms with E-state index in [-0.39, 0.29) is 47.2 Å². The average molecular weight is 517 g/mol. The van der Waals surface area contributed by atoms with E-state index in [2.05, 4.69) is 44.4 Å². The van der Waals surface area contributed by atoms with Crippen LogP contribution in [0.1, 0.15) is 67.9 Å². The molecule has 0 saturated carbocycles. The van der Waals surface area contributed by atoms with E-state index < -0.39 is 10.0 Å². The maximum absolute atomic E-state index is 13.1. The number of fused-ring (bicyclic) bond motifs is 1. The molecule has 35 heavy (non-hydrogen) atoms. The van der Waals surface area contributed by atoms with Gasteiger partial charge in [0.2, 0.25) is 10.0 Å². The van der Waals surface area contributed by atoms with Crippen LogP contribution in [-0.2, 0) is 26.7 Å². The van der Waals surface area contributed by atoms with Crippen molar-refractivity contribution in [2.75, 3.05) is 18.4 Å². The largest absolute Gasteiger partial charge is 0.373 e.